The molecule has 0 aliphatic rings. The number of hydrogen-bond acceptors (Lipinski definition) is 14. The van der Waals surface area contributed by atoms with E-state index in [2.05, 4.69) is 0 Å². The summed E-state index contributed by atoms with van der Waals surface area (Å²) in [6.07, 6.45) is -2.62. The summed E-state index contributed by atoms with van der Waals surface area (Å²) in [6, 6.07) is 0. The van der Waals surface area contributed by atoms with Gasteiger partial charge in [-0.15, -0.1) is 0 Å². The van der Waals surface area contributed by atoms with E-state index in [4.69, 9.17) is 28.4 Å². The SMILES string of the molecule is CCC(=O)C(=O)OCCCOCC(O)C(OCCCOC(=O)C(=O)CC)C(CO)OCCCOC(=O)C(=O)CC. The van der Waals surface area contributed by atoms with Crippen molar-refractivity contribution in [2.75, 3.05) is 52.9 Å². The Morgan fingerprint density at radius 2 is 1.00 bits per heavy atom. The van der Waals surface area contributed by atoms with Crippen molar-refractivity contribution in [3.63, 3.8) is 0 Å². The van der Waals surface area contributed by atoms with Gasteiger partial charge in [-0.2, -0.15) is 0 Å². The Morgan fingerprint density at radius 3 is 1.40 bits per heavy atom. The fourth-order valence-electron chi connectivity index (χ4n) is 2.92. The molecule has 0 rings (SSSR count). The maximum Gasteiger partial charge on any atom is 0.374 e. The van der Waals surface area contributed by atoms with Gasteiger partial charge in [0.1, 0.15) is 18.3 Å². The molecule has 3 atom stereocenters. The van der Waals surface area contributed by atoms with Crippen LogP contribution in [0.1, 0.15) is 59.3 Å². The monoisotopic (exact) mass is 578 g/mol. The first-order chi connectivity index (χ1) is 19.1. The van der Waals surface area contributed by atoms with Crippen molar-refractivity contribution in [2.45, 2.75) is 77.6 Å². The lowest BCUT2D eigenvalue weighted by Gasteiger charge is -2.30. The summed E-state index contributed by atoms with van der Waals surface area (Å²) >= 11 is 0. The van der Waals surface area contributed by atoms with Gasteiger partial charge in [0.05, 0.1) is 46.2 Å². The zero-order valence-electron chi connectivity index (χ0n) is 23.4. The van der Waals surface area contributed by atoms with Gasteiger partial charge < -0.3 is 38.6 Å². The van der Waals surface area contributed by atoms with Crippen LogP contribution in [0.5, 0.6) is 0 Å². The lowest BCUT2D eigenvalue weighted by atomic mass is 10.1. The minimum absolute atomic E-state index is 0.00481. The molecule has 0 aliphatic heterocycles. The summed E-state index contributed by atoms with van der Waals surface area (Å²) in [6.45, 7) is 3.67. The first-order valence-electron chi connectivity index (χ1n) is 13.3. The zero-order chi connectivity index (χ0) is 30.3. The second kappa shape index (κ2) is 23.0. The Balaban J connectivity index is 4.78. The summed E-state index contributed by atoms with van der Waals surface area (Å²) < 4.78 is 31.2. The Morgan fingerprint density at radius 1 is 0.600 bits per heavy atom. The van der Waals surface area contributed by atoms with E-state index in [1.54, 1.807) is 6.92 Å². The third-order valence-corrected chi connectivity index (χ3v) is 5.21. The van der Waals surface area contributed by atoms with Gasteiger partial charge in [0.2, 0.25) is 17.3 Å². The van der Waals surface area contributed by atoms with Crippen molar-refractivity contribution in [1.82, 2.24) is 0 Å². The lowest BCUT2D eigenvalue weighted by Crippen LogP contribution is -2.46. The topological polar surface area (TPSA) is 198 Å². The number of esters is 3. The Bertz CT molecular complexity index is 796. The predicted molar refractivity (Wildman–Crippen MR) is 136 cm³/mol. The highest BCUT2D eigenvalue weighted by atomic mass is 16.6. The van der Waals surface area contributed by atoms with Crippen molar-refractivity contribution >= 4 is 35.3 Å². The average Bonchev–Trinajstić information content (AvgIpc) is 2.96. The minimum atomic E-state index is -1.27. The molecule has 0 amide bonds. The summed E-state index contributed by atoms with van der Waals surface area (Å²) in [5.41, 5.74) is 0. The first kappa shape index (κ1) is 37.2. The number of ether oxygens (including phenoxy) is 6. The van der Waals surface area contributed by atoms with Gasteiger partial charge in [-0.05, 0) is 0 Å². The van der Waals surface area contributed by atoms with Crippen LogP contribution in [0, 0.1) is 0 Å². The van der Waals surface area contributed by atoms with E-state index >= 15 is 0 Å². The number of carbonyl (C=O) groups excluding carboxylic acids is 6. The highest BCUT2D eigenvalue weighted by molar-refractivity contribution is 6.34. The van der Waals surface area contributed by atoms with E-state index in [9.17, 15) is 39.0 Å². The molecule has 0 aromatic heterocycles. The fraction of sp³-hybridized carbons (Fsp3) is 0.769. The number of ketones is 3. The van der Waals surface area contributed by atoms with Gasteiger partial charge >= 0.3 is 17.9 Å². The van der Waals surface area contributed by atoms with Crippen molar-refractivity contribution in [3.8, 4) is 0 Å². The van der Waals surface area contributed by atoms with Crippen molar-refractivity contribution in [3.05, 3.63) is 0 Å². The fourth-order valence-corrected chi connectivity index (χ4v) is 2.92. The summed E-state index contributed by atoms with van der Waals surface area (Å²) in [4.78, 5) is 68.0. The summed E-state index contributed by atoms with van der Waals surface area (Å²) in [5, 5.41) is 20.5. The smallest absolute Gasteiger partial charge is 0.374 e. The second-order valence-corrected chi connectivity index (χ2v) is 8.37. The normalized spacial score (nSPS) is 13.1. The molecule has 230 valence electrons. The maximum absolute atomic E-state index is 11.5. The lowest BCUT2D eigenvalue weighted by molar-refractivity contribution is -0.159. The second-order valence-electron chi connectivity index (χ2n) is 8.37. The number of carbonyl (C=O) groups is 6. The molecule has 40 heavy (non-hydrogen) atoms. The van der Waals surface area contributed by atoms with Crippen molar-refractivity contribution in [2.24, 2.45) is 0 Å². The minimum Gasteiger partial charge on any atom is -0.460 e. The molecule has 14 nitrogen and oxygen atoms in total. The standard InChI is InChI=1S/C26H42O14/c1-4-18(28)24(32)38-13-7-10-35-17-21(31)23(37-12-9-15-40-26(34)20(30)6-3)22(16-27)36-11-8-14-39-25(33)19(29)5-2/h21-23,27,31H,4-17H2,1-3H3. The van der Waals surface area contributed by atoms with Crippen LogP contribution in [0.4, 0.5) is 0 Å². The molecule has 0 saturated heterocycles. The van der Waals surface area contributed by atoms with Crippen LogP contribution < -0.4 is 0 Å². The Hall–Kier alpha value is -2.78. The Labute approximate surface area is 233 Å². The predicted octanol–water partition coefficient (Wildman–Crippen LogP) is -0.136. The molecular weight excluding hydrogens is 536 g/mol. The molecule has 2 N–H and O–H groups in total. The molecule has 0 heterocycles. The molecule has 0 aromatic rings. The molecule has 0 spiro atoms. The highest BCUT2D eigenvalue weighted by Gasteiger charge is 2.30. The summed E-state index contributed by atoms with van der Waals surface area (Å²) in [5.74, 6) is -4.75. The van der Waals surface area contributed by atoms with E-state index in [0.29, 0.717) is 0 Å². The zero-order valence-corrected chi connectivity index (χ0v) is 23.4. The molecule has 0 radical (unpaired) electrons. The van der Waals surface area contributed by atoms with E-state index in [-0.39, 0.29) is 84.8 Å². The maximum atomic E-state index is 11.5. The molecule has 0 saturated carbocycles. The largest absolute Gasteiger partial charge is 0.460 e. The van der Waals surface area contributed by atoms with E-state index in [1.807, 2.05) is 0 Å². The van der Waals surface area contributed by atoms with Crippen LogP contribution in [0.15, 0.2) is 0 Å². The number of rotatable bonds is 25. The molecule has 14 heteroatoms. The van der Waals surface area contributed by atoms with Crippen LogP contribution >= 0.6 is 0 Å². The summed E-state index contributed by atoms with van der Waals surface area (Å²) in [7, 11) is 0. The highest BCUT2D eigenvalue weighted by Crippen LogP contribution is 2.12. The van der Waals surface area contributed by atoms with Crippen molar-refractivity contribution < 1.29 is 67.4 Å². The third kappa shape index (κ3) is 16.4. The van der Waals surface area contributed by atoms with E-state index in [1.165, 1.54) is 13.8 Å². The first-order valence-corrected chi connectivity index (χ1v) is 13.3. The van der Waals surface area contributed by atoms with Gasteiger partial charge in [0.15, 0.2) is 0 Å². The van der Waals surface area contributed by atoms with Crippen LogP contribution in [0.25, 0.3) is 0 Å². The van der Waals surface area contributed by atoms with Crippen LogP contribution in [-0.2, 0) is 57.2 Å². The van der Waals surface area contributed by atoms with E-state index in [0.717, 1.165) is 0 Å². The van der Waals surface area contributed by atoms with Gasteiger partial charge in [0, 0.05) is 45.1 Å². The van der Waals surface area contributed by atoms with Gasteiger partial charge in [-0.1, -0.05) is 20.8 Å². The molecule has 0 bridgehead atoms. The molecule has 3 unspecified atom stereocenters. The quantitative estimate of drug-likeness (QED) is 0.0628. The van der Waals surface area contributed by atoms with Crippen LogP contribution in [-0.4, -0.2) is 117 Å². The van der Waals surface area contributed by atoms with Crippen LogP contribution in [0.2, 0.25) is 0 Å². The molecule has 0 aliphatic carbocycles. The third-order valence-electron chi connectivity index (χ3n) is 5.21. The molecule has 0 aromatic carbocycles. The van der Waals surface area contributed by atoms with Gasteiger partial charge in [-0.3, -0.25) is 14.4 Å². The number of Topliss-reactive ketones (excluding diaryl/α,β-unsaturated/α-hetero) is 3. The molecular formula is C26H42O14. The molecule has 0 fully saturated rings. The number of aliphatic hydroxyl groups excluding tert-OH is 2. The number of aliphatic hydroxyl groups is 2. The van der Waals surface area contributed by atoms with Crippen LogP contribution in [0.3, 0.4) is 0 Å². The average molecular weight is 579 g/mol. The Kier molecular flexibility index (Phi) is 21.4. The van der Waals surface area contributed by atoms with E-state index < -0.39 is 60.2 Å². The van der Waals surface area contributed by atoms with Gasteiger partial charge in [0.25, 0.3) is 0 Å². The van der Waals surface area contributed by atoms with Crippen molar-refractivity contribution in [1.29, 1.82) is 0 Å². The number of hydrogen-bond donors (Lipinski definition) is 2. The van der Waals surface area contributed by atoms with Gasteiger partial charge in [-0.25, -0.2) is 14.4 Å².